The summed E-state index contributed by atoms with van der Waals surface area (Å²) in [7, 11) is -4.18. The van der Waals surface area contributed by atoms with Crippen LogP contribution in [0, 0.1) is 16.7 Å². The van der Waals surface area contributed by atoms with Gasteiger partial charge in [-0.25, -0.2) is 0 Å². The molecule has 2 aliphatic carbocycles. The molecule has 1 aromatic carbocycles. The number of rotatable bonds is 2. The molecule has 5 heteroatoms. The molecule has 0 aromatic heterocycles. The Labute approximate surface area is 131 Å². The summed E-state index contributed by atoms with van der Waals surface area (Å²) in [4.78, 5) is 12.6. The molecule has 118 valence electrons. The Morgan fingerprint density at radius 2 is 1.77 bits per heavy atom. The molecular weight excluding hydrogens is 300 g/mol. The van der Waals surface area contributed by atoms with Crippen molar-refractivity contribution in [3.8, 4) is 0 Å². The minimum Gasteiger partial charge on any atom is -0.294 e. The number of benzene rings is 1. The van der Waals surface area contributed by atoms with Gasteiger partial charge < -0.3 is 0 Å². The Morgan fingerprint density at radius 3 is 2.23 bits per heavy atom. The normalized spacial score (nSPS) is 31.9. The van der Waals surface area contributed by atoms with Crippen LogP contribution in [0.2, 0.25) is 0 Å². The molecule has 0 saturated heterocycles. The average Bonchev–Trinajstić information content (AvgIpc) is 2.73. The number of ketones is 1. The zero-order valence-corrected chi connectivity index (χ0v) is 13.8. The van der Waals surface area contributed by atoms with Crippen LogP contribution in [-0.2, 0) is 14.9 Å². The lowest BCUT2D eigenvalue weighted by molar-refractivity contribution is -0.125. The smallest absolute Gasteiger partial charge is 0.294 e. The second-order valence-corrected chi connectivity index (χ2v) is 8.54. The highest BCUT2D eigenvalue weighted by atomic mass is 32.2. The first-order valence-electron chi connectivity index (χ1n) is 7.41. The van der Waals surface area contributed by atoms with Crippen LogP contribution in [0.4, 0.5) is 0 Å². The second-order valence-electron chi connectivity index (χ2n) is 7.12. The summed E-state index contributed by atoms with van der Waals surface area (Å²) < 4.78 is 31.1. The summed E-state index contributed by atoms with van der Waals surface area (Å²) in [5, 5.41) is 0. The number of Topliss-reactive ketones (excluding diaryl/α,β-unsaturated/α-hetero) is 1. The molecule has 0 aliphatic heterocycles. The third kappa shape index (κ3) is 1.99. The monoisotopic (exact) mass is 320 g/mol. The summed E-state index contributed by atoms with van der Waals surface area (Å²) in [5.41, 5.74) is 1.29. The molecule has 0 heterocycles. The topological polar surface area (TPSA) is 71.4 Å². The van der Waals surface area contributed by atoms with Crippen LogP contribution in [-0.4, -0.2) is 18.8 Å². The minimum absolute atomic E-state index is 0.0374. The van der Waals surface area contributed by atoms with Crippen molar-refractivity contribution in [1.82, 2.24) is 0 Å². The van der Waals surface area contributed by atoms with E-state index in [2.05, 4.69) is 20.8 Å². The van der Waals surface area contributed by atoms with Gasteiger partial charge in [-0.3, -0.25) is 9.35 Å². The highest BCUT2D eigenvalue weighted by Crippen LogP contribution is 2.65. The maximum atomic E-state index is 12.7. The minimum atomic E-state index is -4.18. The van der Waals surface area contributed by atoms with Gasteiger partial charge in [0.1, 0.15) is 0 Å². The first-order chi connectivity index (χ1) is 10.1. The number of hydrogen-bond donors (Lipinski definition) is 1. The van der Waals surface area contributed by atoms with Crippen molar-refractivity contribution in [2.24, 2.45) is 16.7 Å². The van der Waals surface area contributed by atoms with Gasteiger partial charge in [-0.15, -0.1) is 0 Å². The van der Waals surface area contributed by atoms with Crippen LogP contribution in [0.3, 0.4) is 0 Å². The van der Waals surface area contributed by atoms with E-state index in [9.17, 15) is 13.2 Å². The Hall–Kier alpha value is -1.46. The largest absolute Gasteiger partial charge is 0.294 e. The summed E-state index contributed by atoms with van der Waals surface area (Å²) in [6, 6.07) is 5.94. The van der Waals surface area contributed by atoms with Gasteiger partial charge in [0.25, 0.3) is 10.1 Å². The molecule has 1 aromatic rings. The van der Waals surface area contributed by atoms with Gasteiger partial charge in [-0.1, -0.05) is 32.9 Å². The molecule has 2 aliphatic rings. The summed E-state index contributed by atoms with van der Waals surface area (Å²) >= 11 is 0. The maximum Gasteiger partial charge on any atom is 0.294 e. The predicted molar refractivity (Wildman–Crippen MR) is 83.9 cm³/mol. The van der Waals surface area contributed by atoms with Gasteiger partial charge in [-0.2, -0.15) is 8.42 Å². The molecule has 0 radical (unpaired) electrons. The Balaban J connectivity index is 1.99. The van der Waals surface area contributed by atoms with E-state index in [0.717, 1.165) is 24.0 Å². The predicted octanol–water partition coefficient (Wildman–Crippen LogP) is 3.34. The molecule has 2 fully saturated rings. The Bertz CT molecular complexity index is 771. The fourth-order valence-electron chi connectivity index (χ4n) is 4.01. The van der Waals surface area contributed by atoms with Gasteiger partial charge in [0.2, 0.25) is 0 Å². The van der Waals surface area contributed by atoms with Crippen LogP contribution in [0.5, 0.6) is 0 Å². The van der Waals surface area contributed by atoms with Gasteiger partial charge in [0.05, 0.1) is 4.90 Å². The lowest BCUT2D eigenvalue weighted by Gasteiger charge is -2.31. The van der Waals surface area contributed by atoms with Crippen LogP contribution >= 0.6 is 0 Å². The first-order valence-corrected chi connectivity index (χ1v) is 8.85. The van der Waals surface area contributed by atoms with Gasteiger partial charge in [0, 0.05) is 5.41 Å². The van der Waals surface area contributed by atoms with E-state index < -0.39 is 10.1 Å². The van der Waals surface area contributed by atoms with Crippen LogP contribution in [0.15, 0.2) is 34.7 Å². The molecule has 1 N–H and O–H groups in total. The van der Waals surface area contributed by atoms with E-state index in [1.54, 1.807) is 12.1 Å². The van der Waals surface area contributed by atoms with Crippen LogP contribution in [0.1, 0.15) is 39.2 Å². The standard InChI is InChI=1S/C17H20O4S/c1-16(2)14-8-9-17(16,3)15(18)13(14)10-11-4-6-12(7-5-11)22(19,20)21/h4-7,10,14H,8-9H2,1-3H3,(H,19,20,21)/b13-10+/t14-,17+/m1/s1. The first kappa shape index (κ1) is 15.4. The van der Waals surface area contributed by atoms with E-state index in [1.807, 2.05) is 6.08 Å². The third-order valence-electron chi connectivity index (χ3n) is 5.87. The fourth-order valence-corrected chi connectivity index (χ4v) is 4.49. The van der Waals surface area contributed by atoms with Crippen molar-refractivity contribution in [2.75, 3.05) is 0 Å². The molecule has 3 rings (SSSR count). The summed E-state index contributed by atoms with van der Waals surface area (Å²) in [5.74, 6) is 0.471. The van der Waals surface area contributed by atoms with E-state index in [4.69, 9.17) is 4.55 Å². The molecule has 0 unspecified atom stereocenters. The fraction of sp³-hybridized carbons (Fsp3) is 0.471. The van der Waals surface area contributed by atoms with E-state index in [-0.39, 0.29) is 27.4 Å². The van der Waals surface area contributed by atoms with Gasteiger partial charge >= 0.3 is 0 Å². The van der Waals surface area contributed by atoms with Crippen molar-refractivity contribution in [2.45, 2.75) is 38.5 Å². The lowest BCUT2D eigenvalue weighted by atomic mass is 9.70. The summed E-state index contributed by atoms with van der Waals surface area (Å²) in [6.07, 6.45) is 3.82. The zero-order chi connectivity index (χ0) is 16.3. The highest BCUT2D eigenvalue weighted by Gasteiger charge is 2.63. The van der Waals surface area contributed by atoms with E-state index >= 15 is 0 Å². The van der Waals surface area contributed by atoms with Gasteiger partial charge in [0.15, 0.2) is 5.78 Å². The molecule has 0 spiro atoms. The zero-order valence-electron chi connectivity index (χ0n) is 13.0. The lowest BCUT2D eigenvalue weighted by Crippen LogP contribution is -2.32. The SMILES string of the molecule is CC1(C)[C@@H]2CC[C@@]1(C)C(=O)/C2=C/c1ccc(S(=O)(=O)O)cc1. The van der Waals surface area contributed by atoms with Crippen LogP contribution in [0.25, 0.3) is 6.08 Å². The average molecular weight is 320 g/mol. The number of fused-ring (bicyclic) bond motifs is 2. The maximum absolute atomic E-state index is 12.7. The van der Waals surface area contributed by atoms with Crippen molar-refractivity contribution < 1.29 is 17.8 Å². The highest BCUT2D eigenvalue weighted by molar-refractivity contribution is 7.85. The number of carbonyl (C=O) groups is 1. The van der Waals surface area contributed by atoms with Crippen molar-refractivity contribution >= 4 is 22.0 Å². The number of allylic oxidation sites excluding steroid dienone is 1. The molecule has 22 heavy (non-hydrogen) atoms. The number of carbonyl (C=O) groups excluding carboxylic acids is 1. The van der Waals surface area contributed by atoms with Crippen molar-refractivity contribution in [3.05, 3.63) is 35.4 Å². The molecule has 2 atom stereocenters. The Kier molecular flexibility index (Phi) is 3.17. The molecule has 2 saturated carbocycles. The van der Waals surface area contributed by atoms with Crippen molar-refractivity contribution in [1.29, 1.82) is 0 Å². The molecular formula is C17H20O4S. The number of hydrogen-bond acceptors (Lipinski definition) is 3. The quantitative estimate of drug-likeness (QED) is 0.670. The second kappa shape index (κ2) is 4.52. The van der Waals surface area contributed by atoms with Crippen LogP contribution < -0.4 is 0 Å². The third-order valence-corrected chi connectivity index (χ3v) is 6.73. The van der Waals surface area contributed by atoms with Gasteiger partial charge in [-0.05, 0) is 53.5 Å². The molecule has 2 bridgehead atoms. The molecule has 4 nitrogen and oxygen atoms in total. The molecule has 0 amide bonds. The Morgan fingerprint density at radius 1 is 1.18 bits per heavy atom. The summed E-state index contributed by atoms with van der Waals surface area (Å²) in [6.45, 7) is 6.37. The van der Waals surface area contributed by atoms with Crippen molar-refractivity contribution in [3.63, 3.8) is 0 Å². The van der Waals surface area contributed by atoms with E-state index in [0.29, 0.717) is 0 Å². The van der Waals surface area contributed by atoms with E-state index in [1.165, 1.54) is 12.1 Å².